The monoisotopic (exact) mass is 508 g/mol. The molecule has 2 atom stereocenters. The van der Waals surface area contributed by atoms with Gasteiger partial charge in [-0.2, -0.15) is 12.6 Å². The van der Waals surface area contributed by atoms with Gasteiger partial charge in [0.15, 0.2) is 5.78 Å². The van der Waals surface area contributed by atoms with Gasteiger partial charge in [0.2, 0.25) is 0 Å². The number of aromatic nitrogens is 3. The number of ketones is 1. The molecule has 0 spiro atoms. The Kier molecular flexibility index (Phi) is 9.27. The number of hydrogen-bond donors (Lipinski definition) is 2. The summed E-state index contributed by atoms with van der Waals surface area (Å²) in [5, 5.41) is 17.1. The van der Waals surface area contributed by atoms with E-state index in [0.29, 0.717) is 43.7 Å². The van der Waals surface area contributed by atoms with Crippen LogP contribution in [0.2, 0.25) is 0 Å². The molecule has 1 aliphatic carbocycles. The van der Waals surface area contributed by atoms with Crippen molar-refractivity contribution in [1.82, 2.24) is 19.9 Å². The summed E-state index contributed by atoms with van der Waals surface area (Å²) in [4.78, 5) is 25.9. The van der Waals surface area contributed by atoms with Crippen molar-refractivity contribution < 1.29 is 19.1 Å². The maximum absolute atomic E-state index is 14.7. The van der Waals surface area contributed by atoms with Crippen molar-refractivity contribution in [2.24, 2.45) is 5.92 Å². The Balaban J connectivity index is 0.00000324. The normalized spacial score (nSPS) is 20.6. The molecule has 34 heavy (non-hydrogen) atoms. The zero-order valence-electron chi connectivity index (χ0n) is 18.8. The van der Waals surface area contributed by atoms with Gasteiger partial charge in [0, 0.05) is 42.8 Å². The Morgan fingerprint density at radius 1 is 1.24 bits per heavy atom. The Morgan fingerprint density at radius 2 is 2.00 bits per heavy atom. The fraction of sp³-hybridized carbons (Fsp3) is 0.500. The molecule has 0 amide bonds. The number of hydrogen-bond acceptors (Lipinski definition) is 6. The molecule has 4 rings (SSSR count). The molecule has 0 bridgehead atoms. The quantitative estimate of drug-likeness (QED) is 0.369. The topological polar surface area (TPSA) is 88.3 Å². The SMILES string of the molecule is Cl.O=C(O)CCCCn1cc(/C=C2/CN(C(C(=O)C3CC3)c3ccccc3F)CCC2S)nn1. The van der Waals surface area contributed by atoms with Crippen LogP contribution in [0.3, 0.4) is 0 Å². The number of piperidine rings is 1. The number of aliphatic carboxylic acids is 1. The maximum atomic E-state index is 14.7. The third-order valence-electron chi connectivity index (χ3n) is 6.24. The number of carbonyl (C=O) groups is 2. The van der Waals surface area contributed by atoms with Gasteiger partial charge in [-0.15, -0.1) is 17.5 Å². The summed E-state index contributed by atoms with van der Waals surface area (Å²) in [6, 6.07) is 5.97. The van der Waals surface area contributed by atoms with Crippen LogP contribution in [0.5, 0.6) is 0 Å². The smallest absolute Gasteiger partial charge is 0.303 e. The Bertz CT molecular complexity index is 1040. The van der Waals surface area contributed by atoms with Crippen molar-refractivity contribution in [3.05, 3.63) is 53.1 Å². The number of Topliss-reactive ketones (excluding diaryl/α,β-unsaturated/α-hetero) is 1. The minimum atomic E-state index is -0.797. The van der Waals surface area contributed by atoms with Crippen LogP contribution in [0, 0.1) is 11.7 Å². The minimum Gasteiger partial charge on any atom is -0.481 e. The van der Waals surface area contributed by atoms with Gasteiger partial charge in [0.05, 0.1) is 12.2 Å². The Hall–Kier alpha value is -2.23. The molecule has 2 unspecified atom stereocenters. The molecule has 1 aromatic heterocycles. The molecule has 1 aromatic carbocycles. The van der Waals surface area contributed by atoms with Crippen molar-refractivity contribution in [2.75, 3.05) is 13.1 Å². The van der Waals surface area contributed by atoms with Gasteiger partial charge in [-0.1, -0.05) is 23.4 Å². The zero-order valence-corrected chi connectivity index (χ0v) is 20.6. The fourth-order valence-corrected chi connectivity index (χ4v) is 4.57. The molecule has 184 valence electrons. The van der Waals surface area contributed by atoms with E-state index in [2.05, 4.69) is 15.2 Å². The van der Waals surface area contributed by atoms with E-state index in [1.54, 1.807) is 22.9 Å². The average molecular weight is 509 g/mol. The molecule has 7 nitrogen and oxygen atoms in total. The number of nitrogens with zero attached hydrogens (tertiary/aromatic N) is 4. The highest BCUT2D eigenvalue weighted by Gasteiger charge is 2.40. The van der Waals surface area contributed by atoms with Gasteiger partial charge in [-0.05, 0) is 49.8 Å². The number of carbonyl (C=O) groups excluding carboxylic acids is 1. The second-order valence-electron chi connectivity index (χ2n) is 8.85. The standard InChI is InChI=1S/C24H29FN4O3S.ClH/c25-20-6-2-1-5-19(20)23(24(32)16-8-9-16)28-12-10-21(33)17(14-28)13-18-15-29(27-26-18)11-4-3-7-22(30)31;/h1-2,5-6,13,15-16,21,23,33H,3-4,7-12,14H2,(H,30,31);1H/b17-13-;. The number of likely N-dealkylation sites (tertiary alicyclic amines) is 1. The average Bonchev–Trinajstić information content (AvgIpc) is 3.55. The lowest BCUT2D eigenvalue weighted by Gasteiger charge is -2.37. The van der Waals surface area contributed by atoms with E-state index in [4.69, 9.17) is 17.7 Å². The summed E-state index contributed by atoms with van der Waals surface area (Å²) in [5.74, 6) is -1.02. The molecule has 2 aromatic rings. The van der Waals surface area contributed by atoms with Gasteiger partial charge in [0.1, 0.15) is 11.5 Å². The third kappa shape index (κ3) is 6.67. The zero-order chi connectivity index (χ0) is 23.4. The van der Waals surface area contributed by atoms with E-state index >= 15 is 0 Å². The Labute approximate surface area is 210 Å². The third-order valence-corrected chi connectivity index (χ3v) is 6.82. The molecule has 2 heterocycles. The van der Waals surface area contributed by atoms with E-state index in [-0.39, 0.29) is 41.6 Å². The predicted octanol–water partition coefficient (Wildman–Crippen LogP) is 4.20. The molecular formula is C24H30ClFN4O3S. The van der Waals surface area contributed by atoms with Crippen LogP contribution in [-0.2, 0) is 16.1 Å². The maximum Gasteiger partial charge on any atom is 0.303 e. The summed E-state index contributed by atoms with van der Waals surface area (Å²) >= 11 is 4.74. The number of halogens is 2. The highest BCUT2D eigenvalue weighted by molar-refractivity contribution is 7.81. The van der Waals surface area contributed by atoms with Crippen LogP contribution in [0.4, 0.5) is 4.39 Å². The van der Waals surface area contributed by atoms with Gasteiger partial charge in [-0.3, -0.25) is 19.2 Å². The highest BCUT2D eigenvalue weighted by atomic mass is 35.5. The van der Waals surface area contributed by atoms with Gasteiger partial charge in [0.25, 0.3) is 0 Å². The van der Waals surface area contributed by atoms with Crippen molar-refractivity contribution in [1.29, 1.82) is 0 Å². The lowest BCUT2D eigenvalue weighted by atomic mass is 9.93. The summed E-state index contributed by atoms with van der Waals surface area (Å²) < 4.78 is 16.4. The molecule has 2 aliphatic rings. The summed E-state index contributed by atoms with van der Waals surface area (Å²) in [7, 11) is 0. The van der Waals surface area contributed by atoms with Gasteiger partial charge < -0.3 is 5.11 Å². The molecule has 1 N–H and O–H groups in total. The van der Waals surface area contributed by atoms with Crippen LogP contribution in [0.15, 0.2) is 36.0 Å². The number of carboxylic acid groups (broad SMARTS) is 1. The van der Waals surface area contributed by atoms with E-state index in [1.165, 1.54) is 6.07 Å². The molecule has 10 heteroatoms. The summed E-state index contributed by atoms with van der Waals surface area (Å²) in [5.41, 5.74) is 2.16. The van der Waals surface area contributed by atoms with Gasteiger partial charge in [-0.25, -0.2) is 4.39 Å². The summed E-state index contributed by atoms with van der Waals surface area (Å²) in [6.07, 6.45) is 7.73. The minimum absolute atomic E-state index is 0. The van der Waals surface area contributed by atoms with Crippen molar-refractivity contribution in [3.8, 4) is 0 Å². The van der Waals surface area contributed by atoms with Crippen molar-refractivity contribution >= 4 is 42.9 Å². The summed E-state index contributed by atoms with van der Waals surface area (Å²) in [6.45, 7) is 1.78. The number of benzene rings is 1. The van der Waals surface area contributed by atoms with E-state index in [0.717, 1.165) is 24.8 Å². The molecular weight excluding hydrogens is 479 g/mol. The van der Waals surface area contributed by atoms with Crippen LogP contribution in [0.1, 0.15) is 55.8 Å². The van der Waals surface area contributed by atoms with Crippen LogP contribution in [0.25, 0.3) is 6.08 Å². The number of thiol groups is 1. The van der Waals surface area contributed by atoms with Crippen molar-refractivity contribution in [3.63, 3.8) is 0 Å². The first-order valence-corrected chi connectivity index (χ1v) is 12.0. The fourth-order valence-electron chi connectivity index (χ4n) is 4.30. The second kappa shape index (κ2) is 12.0. The number of unbranched alkanes of at least 4 members (excludes halogenated alkanes) is 1. The van der Waals surface area contributed by atoms with Crippen LogP contribution >= 0.6 is 25.0 Å². The highest BCUT2D eigenvalue weighted by Crippen LogP contribution is 2.39. The molecule has 1 aliphatic heterocycles. The van der Waals surface area contributed by atoms with E-state index in [1.807, 2.05) is 12.3 Å². The first-order chi connectivity index (χ1) is 15.9. The van der Waals surface area contributed by atoms with Gasteiger partial charge >= 0.3 is 5.97 Å². The first-order valence-electron chi connectivity index (χ1n) is 11.4. The largest absolute Gasteiger partial charge is 0.481 e. The molecule has 1 saturated carbocycles. The Morgan fingerprint density at radius 3 is 2.71 bits per heavy atom. The number of aryl methyl sites for hydroxylation is 1. The number of carboxylic acids is 1. The van der Waals surface area contributed by atoms with Crippen LogP contribution < -0.4 is 0 Å². The predicted molar refractivity (Wildman–Crippen MR) is 133 cm³/mol. The van der Waals surface area contributed by atoms with E-state index < -0.39 is 12.0 Å². The number of rotatable bonds is 10. The molecule has 2 fully saturated rings. The lowest BCUT2D eigenvalue weighted by molar-refractivity contribution is -0.137. The molecule has 0 radical (unpaired) electrons. The second-order valence-corrected chi connectivity index (χ2v) is 9.48. The van der Waals surface area contributed by atoms with Crippen LogP contribution in [-0.4, -0.2) is 55.1 Å². The molecule has 1 saturated heterocycles. The lowest BCUT2D eigenvalue weighted by Crippen LogP contribution is -2.42. The van der Waals surface area contributed by atoms with E-state index in [9.17, 15) is 14.0 Å². The first kappa shape index (κ1) is 26.4. The van der Waals surface area contributed by atoms with Crippen molar-refractivity contribution in [2.45, 2.75) is 56.4 Å².